The molecular weight excluding hydrogens is 263 g/mol. The molecule has 1 aromatic rings. The van der Waals surface area contributed by atoms with Gasteiger partial charge in [0.2, 0.25) is 11.8 Å². The lowest BCUT2D eigenvalue weighted by atomic mass is 10.1. The molecule has 5 nitrogen and oxygen atoms in total. The number of primary amides is 1. The zero-order valence-electron chi connectivity index (χ0n) is 9.19. The maximum Gasteiger partial charge on any atom is 0.227 e. The summed E-state index contributed by atoms with van der Waals surface area (Å²) in [5.41, 5.74) is 5.00. The Labute approximate surface area is 107 Å². The van der Waals surface area contributed by atoms with E-state index in [9.17, 15) is 19.1 Å². The highest BCUT2D eigenvalue weighted by atomic mass is 35.5. The Morgan fingerprint density at radius 1 is 1.56 bits per heavy atom. The number of hydrogen-bond acceptors (Lipinski definition) is 3. The van der Waals surface area contributed by atoms with Gasteiger partial charge in [-0.05, 0) is 6.07 Å². The first-order chi connectivity index (χ1) is 8.40. The summed E-state index contributed by atoms with van der Waals surface area (Å²) in [5, 5.41) is 9.27. The van der Waals surface area contributed by atoms with Gasteiger partial charge in [-0.1, -0.05) is 11.6 Å². The SMILES string of the molecule is NC(=O)C1CC(=O)N(c2cc(O)c(Cl)cc2F)C1. The molecule has 0 aliphatic carbocycles. The number of phenols is 1. The van der Waals surface area contributed by atoms with Gasteiger partial charge in [0.25, 0.3) is 0 Å². The number of halogens is 2. The molecule has 18 heavy (non-hydrogen) atoms. The summed E-state index contributed by atoms with van der Waals surface area (Å²) in [6, 6.07) is 1.97. The lowest BCUT2D eigenvalue weighted by Gasteiger charge is -2.17. The van der Waals surface area contributed by atoms with Crippen LogP contribution in [0.25, 0.3) is 0 Å². The van der Waals surface area contributed by atoms with E-state index >= 15 is 0 Å². The summed E-state index contributed by atoms with van der Waals surface area (Å²) in [7, 11) is 0. The Morgan fingerprint density at radius 3 is 2.78 bits per heavy atom. The molecule has 1 fully saturated rings. The van der Waals surface area contributed by atoms with Crippen molar-refractivity contribution < 1.29 is 19.1 Å². The first kappa shape index (κ1) is 12.6. The van der Waals surface area contributed by atoms with Gasteiger partial charge < -0.3 is 15.7 Å². The summed E-state index contributed by atoms with van der Waals surface area (Å²) in [6.45, 7) is 0.00611. The monoisotopic (exact) mass is 272 g/mol. The number of nitrogens with two attached hydrogens (primary N) is 1. The van der Waals surface area contributed by atoms with Gasteiger partial charge in [-0.15, -0.1) is 0 Å². The quantitative estimate of drug-likeness (QED) is 0.843. The van der Waals surface area contributed by atoms with E-state index < -0.39 is 23.5 Å². The van der Waals surface area contributed by atoms with E-state index in [-0.39, 0.29) is 29.4 Å². The van der Waals surface area contributed by atoms with Crippen LogP contribution in [0.5, 0.6) is 5.75 Å². The average molecular weight is 273 g/mol. The first-order valence-corrected chi connectivity index (χ1v) is 5.55. The highest BCUT2D eigenvalue weighted by Crippen LogP contribution is 2.34. The van der Waals surface area contributed by atoms with E-state index in [1.165, 1.54) is 0 Å². The van der Waals surface area contributed by atoms with Crippen molar-refractivity contribution in [2.45, 2.75) is 6.42 Å². The first-order valence-electron chi connectivity index (χ1n) is 5.18. The number of carbonyl (C=O) groups excluding carboxylic acids is 2. The van der Waals surface area contributed by atoms with Crippen LogP contribution in [-0.2, 0) is 9.59 Å². The zero-order valence-corrected chi connectivity index (χ0v) is 9.95. The minimum Gasteiger partial charge on any atom is -0.506 e. The fourth-order valence-corrected chi connectivity index (χ4v) is 2.01. The summed E-state index contributed by atoms with van der Waals surface area (Å²) in [4.78, 5) is 23.8. The third-order valence-corrected chi connectivity index (χ3v) is 3.14. The zero-order chi connectivity index (χ0) is 13.4. The second-order valence-electron chi connectivity index (χ2n) is 4.06. The normalized spacial score (nSPS) is 19.3. The summed E-state index contributed by atoms with van der Waals surface area (Å²) >= 11 is 5.54. The van der Waals surface area contributed by atoms with Crippen molar-refractivity contribution in [3.05, 3.63) is 23.0 Å². The van der Waals surface area contributed by atoms with Gasteiger partial charge in [-0.25, -0.2) is 4.39 Å². The van der Waals surface area contributed by atoms with Gasteiger partial charge >= 0.3 is 0 Å². The van der Waals surface area contributed by atoms with Gasteiger partial charge in [0.1, 0.15) is 11.6 Å². The number of amides is 2. The molecule has 0 bridgehead atoms. The summed E-state index contributed by atoms with van der Waals surface area (Å²) in [5.74, 6) is -2.74. The molecular formula is C11H10ClFN2O3. The van der Waals surface area contributed by atoms with Crippen molar-refractivity contribution in [3.8, 4) is 5.75 Å². The van der Waals surface area contributed by atoms with Crippen LogP contribution in [0.3, 0.4) is 0 Å². The Bertz CT molecular complexity index is 535. The number of anilines is 1. The van der Waals surface area contributed by atoms with Crippen LogP contribution in [0.2, 0.25) is 5.02 Å². The predicted molar refractivity (Wildman–Crippen MR) is 62.7 cm³/mol. The molecule has 0 spiro atoms. The molecule has 0 radical (unpaired) electrons. The van der Waals surface area contributed by atoms with Gasteiger partial charge in [0.05, 0.1) is 16.6 Å². The molecule has 1 aromatic carbocycles. The van der Waals surface area contributed by atoms with Gasteiger partial charge in [0.15, 0.2) is 0 Å². The molecule has 2 amide bonds. The molecule has 1 aliphatic rings. The fourth-order valence-electron chi connectivity index (χ4n) is 1.86. The Kier molecular flexibility index (Phi) is 3.13. The van der Waals surface area contributed by atoms with Gasteiger partial charge in [-0.3, -0.25) is 9.59 Å². The highest BCUT2D eigenvalue weighted by Gasteiger charge is 2.35. The van der Waals surface area contributed by atoms with Crippen molar-refractivity contribution in [3.63, 3.8) is 0 Å². The van der Waals surface area contributed by atoms with E-state index in [4.69, 9.17) is 17.3 Å². The number of hydrogen-bond donors (Lipinski definition) is 2. The molecule has 96 valence electrons. The highest BCUT2D eigenvalue weighted by molar-refractivity contribution is 6.32. The van der Waals surface area contributed by atoms with Crippen molar-refractivity contribution in [1.29, 1.82) is 0 Å². The van der Waals surface area contributed by atoms with E-state index in [2.05, 4.69) is 0 Å². The largest absolute Gasteiger partial charge is 0.506 e. The number of aromatic hydroxyl groups is 1. The van der Waals surface area contributed by atoms with Crippen LogP contribution in [0, 0.1) is 11.7 Å². The number of benzene rings is 1. The minimum absolute atomic E-state index is 0.00611. The third-order valence-electron chi connectivity index (χ3n) is 2.83. The smallest absolute Gasteiger partial charge is 0.227 e. The predicted octanol–water partition coefficient (Wildman–Crippen LogP) is 1.02. The number of nitrogens with zero attached hydrogens (tertiary/aromatic N) is 1. The molecule has 1 unspecified atom stereocenters. The minimum atomic E-state index is -0.740. The molecule has 1 atom stereocenters. The molecule has 2 rings (SSSR count). The van der Waals surface area contributed by atoms with Crippen molar-refractivity contribution in [2.75, 3.05) is 11.4 Å². The second kappa shape index (κ2) is 4.45. The van der Waals surface area contributed by atoms with Crippen LogP contribution in [0.15, 0.2) is 12.1 Å². The summed E-state index contributed by atoms with van der Waals surface area (Å²) in [6.07, 6.45) is -0.0574. The Hall–Kier alpha value is -1.82. The van der Waals surface area contributed by atoms with Crippen LogP contribution in [0.1, 0.15) is 6.42 Å². The van der Waals surface area contributed by atoms with Crippen LogP contribution in [-0.4, -0.2) is 23.5 Å². The van der Waals surface area contributed by atoms with E-state index in [0.717, 1.165) is 17.0 Å². The molecule has 7 heteroatoms. The summed E-state index contributed by atoms with van der Waals surface area (Å²) < 4.78 is 13.7. The molecule has 1 aliphatic heterocycles. The average Bonchev–Trinajstić information content (AvgIpc) is 2.66. The number of carbonyl (C=O) groups is 2. The fraction of sp³-hybridized carbons (Fsp3) is 0.273. The topological polar surface area (TPSA) is 83.6 Å². The van der Waals surface area contributed by atoms with Crippen molar-refractivity contribution in [2.24, 2.45) is 11.7 Å². The van der Waals surface area contributed by atoms with Crippen LogP contribution in [0.4, 0.5) is 10.1 Å². The lowest BCUT2D eigenvalue weighted by Crippen LogP contribution is -2.28. The van der Waals surface area contributed by atoms with Crippen LogP contribution < -0.4 is 10.6 Å². The van der Waals surface area contributed by atoms with Crippen molar-refractivity contribution in [1.82, 2.24) is 0 Å². The number of phenolic OH excluding ortho intramolecular Hbond substituents is 1. The standard InChI is InChI=1S/C11H10ClFN2O3/c12-6-2-7(13)8(3-9(6)16)15-4-5(11(14)18)1-10(15)17/h2-3,5,16H,1,4H2,(H2,14,18). The van der Waals surface area contributed by atoms with Crippen molar-refractivity contribution >= 4 is 29.1 Å². The second-order valence-corrected chi connectivity index (χ2v) is 4.47. The van der Waals surface area contributed by atoms with Gasteiger partial charge in [0, 0.05) is 19.0 Å². The molecule has 0 saturated carbocycles. The van der Waals surface area contributed by atoms with E-state index in [0.29, 0.717) is 0 Å². The van der Waals surface area contributed by atoms with E-state index in [1.54, 1.807) is 0 Å². The molecule has 3 N–H and O–H groups in total. The van der Waals surface area contributed by atoms with E-state index in [1.807, 2.05) is 0 Å². The molecule has 1 heterocycles. The Balaban J connectivity index is 2.35. The number of rotatable bonds is 2. The maximum atomic E-state index is 13.7. The van der Waals surface area contributed by atoms with Gasteiger partial charge in [-0.2, -0.15) is 0 Å². The lowest BCUT2D eigenvalue weighted by molar-refractivity contribution is -0.123. The van der Waals surface area contributed by atoms with Crippen LogP contribution >= 0.6 is 11.6 Å². The third kappa shape index (κ3) is 2.11. The molecule has 1 saturated heterocycles. The Morgan fingerprint density at radius 2 is 2.22 bits per heavy atom. The molecule has 0 aromatic heterocycles. The maximum absolute atomic E-state index is 13.7.